The van der Waals surface area contributed by atoms with E-state index in [1.54, 1.807) is 7.11 Å². The Balaban J connectivity index is 2.54. The van der Waals surface area contributed by atoms with E-state index >= 15 is 0 Å². The molecule has 1 aromatic heterocycles. The van der Waals surface area contributed by atoms with E-state index in [0.717, 1.165) is 35.0 Å². The lowest BCUT2D eigenvalue weighted by atomic mass is 9.95. The van der Waals surface area contributed by atoms with Crippen LogP contribution in [0.5, 0.6) is 0 Å². The molecule has 0 aliphatic carbocycles. The van der Waals surface area contributed by atoms with Crippen molar-refractivity contribution >= 4 is 5.82 Å². The molecule has 0 aliphatic rings. The van der Waals surface area contributed by atoms with Crippen LogP contribution < -0.4 is 5.73 Å². The van der Waals surface area contributed by atoms with Crippen molar-refractivity contribution in [3.8, 4) is 11.3 Å². The molecular formula is C17H25N3O. The van der Waals surface area contributed by atoms with E-state index in [1.165, 1.54) is 0 Å². The molecule has 0 saturated carbocycles. The first-order chi connectivity index (χ1) is 9.88. The van der Waals surface area contributed by atoms with Gasteiger partial charge >= 0.3 is 0 Å². The second kappa shape index (κ2) is 5.90. The molecule has 1 heterocycles. The van der Waals surface area contributed by atoms with E-state index in [0.29, 0.717) is 6.61 Å². The average Bonchev–Trinajstić information content (AvgIpc) is 2.76. The first-order valence-corrected chi connectivity index (χ1v) is 7.33. The van der Waals surface area contributed by atoms with Crippen LogP contribution in [0.3, 0.4) is 0 Å². The summed E-state index contributed by atoms with van der Waals surface area (Å²) in [6.07, 6.45) is 0. The van der Waals surface area contributed by atoms with Crippen LogP contribution in [0.1, 0.15) is 39.1 Å². The van der Waals surface area contributed by atoms with Crippen molar-refractivity contribution in [3.05, 3.63) is 35.7 Å². The Morgan fingerprint density at radius 1 is 1.29 bits per heavy atom. The summed E-state index contributed by atoms with van der Waals surface area (Å²) < 4.78 is 7.29. The van der Waals surface area contributed by atoms with Crippen molar-refractivity contribution < 1.29 is 4.74 Å². The second-order valence-corrected chi connectivity index (χ2v) is 6.30. The number of methoxy groups -OCH3 is 1. The Hall–Kier alpha value is -1.81. The van der Waals surface area contributed by atoms with Gasteiger partial charge in [-0.15, -0.1) is 0 Å². The molecule has 2 N–H and O–H groups in total. The highest BCUT2D eigenvalue weighted by Crippen LogP contribution is 2.32. The molecule has 0 unspecified atom stereocenters. The number of hydrogen-bond donors (Lipinski definition) is 1. The number of nitrogen functional groups attached to an aromatic ring is 1. The molecule has 4 nitrogen and oxygen atoms in total. The van der Waals surface area contributed by atoms with Gasteiger partial charge < -0.3 is 15.0 Å². The van der Waals surface area contributed by atoms with Gasteiger partial charge in [-0.1, -0.05) is 39.0 Å². The van der Waals surface area contributed by atoms with Gasteiger partial charge in [0.25, 0.3) is 0 Å². The smallest absolute Gasteiger partial charge is 0.131 e. The zero-order valence-electron chi connectivity index (χ0n) is 13.6. The Kier molecular flexibility index (Phi) is 4.37. The van der Waals surface area contributed by atoms with Gasteiger partial charge in [0, 0.05) is 24.6 Å². The van der Waals surface area contributed by atoms with Gasteiger partial charge in [0.1, 0.15) is 17.3 Å². The van der Waals surface area contributed by atoms with E-state index < -0.39 is 0 Å². The number of ether oxygens (including phenoxy) is 1. The van der Waals surface area contributed by atoms with Gasteiger partial charge in [0.2, 0.25) is 0 Å². The van der Waals surface area contributed by atoms with Gasteiger partial charge in [0.05, 0.1) is 6.61 Å². The molecule has 0 aliphatic heterocycles. The highest BCUT2D eigenvalue weighted by molar-refractivity contribution is 5.71. The molecule has 0 spiro atoms. The van der Waals surface area contributed by atoms with E-state index in [-0.39, 0.29) is 5.41 Å². The predicted molar refractivity (Wildman–Crippen MR) is 87.2 cm³/mol. The summed E-state index contributed by atoms with van der Waals surface area (Å²) in [5.41, 5.74) is 9.33. The highest BCUT2D eigenvalue weighted by atomic mass is 16.5. The largest absolute Gasteiger partial charge is 0.383 e. The first kappa shape index (κ1) is 15.6. The lowest BCUT2D eigenvalue weighted by Crippen LogP contribution is -2.19. The summed E-state index contributed by atoms with van der Waals surface area (Å²) in [5.74, 6) is 1.76. The Morgan fingerprint density at radius 2 is 2.00 bits per heavy atom. The molecule has 0 atom stereocenters. The van der Waals surface area contributed by atoms with E-state index in [1.807, 2.05) is 18.2 Å². The molecule has 0 fully saturated rings. The van der Waals surface area contributed by atoms with Crippen molar-refractivity contribution in [3.63, 3.8) is 0 Å². The van der Waals surface area contributed by atoms with Crippen LogP contribution in [0.25, 0.3) is 11.3 Å². The third kappa shape index (κ3) is 3.10. The highest BCUT2D eigenvalue weighted by Gasteiger charge is 2.24. The van der Waals surface area contributed by atoms with Crippen LogP contribution >= 0.6 is 0 Å². The van der Waals surface area contributed by atoms with Crippen LogP contribution in [0.2, 0.25) is 0 Å². The molecule has 2 rings (SSSR count). The van der Waals surface area contributed by atoms with E-state index in [4.69, 9.17) is 15.5 Å². The fourth-order valence-electron chi connectivity index (χ4n) is 2.55. The summed E-state index contributed by atoms with van der Waals surface area (Å²) in [6, 6.07) is 8.20. The average molecular weight is 287 g/mol. The van der Waals surface area contributed by atoms with E-state index in [9.17, 15) is 0 Å². The third-order valence-corrected chi connectivity index (χ3v) is 3.51. The quantitative estimate of drug-likeness (QED) is 0.935. The summed E-state index contributed by atoms with van der Waals surface area (Å²) in [5, 5.41) is 0. The van der Waals surface area contributed by atoms with Gasteiger partial charge in [-0.05, 0) is 18.6 Å². The van der Waals surface area contributed by atoms with Crippen LogP contribution in [-0.4, -0.2) is 16.7 Å². The standard InChI is InChI=1S/C17H25N3O/c1-6-20-15(18)14(19-16(20)17(2,3)4)13-9-7-8-12(10-13)11-21-5/h7-10H,6,11,18H2,1-5H3. The van der Waals surface area contributed by atoms with Crippen molar-refractivity contribution in [2.24, 2.45) is 0 Å². The van der Waals surface area contributed by atoms with Crippen LogP contribution in [-0.2, 0) is 23.3 Å². The topological polar surface area (TPSA) is 53.1 Å². The number of benzene rings is 1. The van der Waals surface area contributed by atoms with E-state index in [2.05, 4.69) is 38.3 Å². The van der Waals surface area contributed by atoms with Gasteiger partial charge in [-0.2, -0.15) is 0 Å². The molecule has 0 radical (unpaired) electrons. The third-order valence-electron chi connectivity index (χ3n) is 3.51. The zero-order chi connectivity index (χ0) is 15.6. The maximum absolute atomic E-state index is 6.34. The maximum Gasteiger partial charge on any atom is 0.131 e. The SMILES string of the molecule is CCn1c(C(C)(C)C)nc(-c2cccc(COC)c2)c1N. The first-order valence-electron chi connectivity index (χ1n) is 7.33. The summed E-state index contributed by atoms with van der Waals surface area (Å²) >= 11 is 0. The lowest BCUT2D eigenvalue weighted by Gasteiger charge is -2.19. The summed E-state index contributed by atoms with van der Waals surface area (Å²) in [4.78, 5) is 4.82. The summed E-state index contributed by atoms with van der Waals surface area (Å²) in [6.45, 7) is 9.99. The number of anilines is 1. The zero-order valence-corrected chi connectivity index (χ0v) is 13.6. The fraction of sp³-hybridized carbons (Fsp3) is 0.471. The fourth-order valence-corrected chi connectivity index (χ4v) is 2.55. The monoisotopic (exact) mass is 287 g/mol. The van der Waals surface area contributed by atoms with Gasteiger partial charge in [-0.25, -0.2) is 4.98 Å². The molecule has 21 heavy (non-hydrogen) atoms. The van der Waals surface area contributed by atoms with Gasteiger partial charge in [0.15, 0.2) is 0 Å². The molecule has 4 heteroatoms. The van der Waals surface area contributed by atoms with Crippen molar-refractivity contribution in [1.82, 2.24) is 9.55 Å². The number of hydrogen-bond acceptors (Lipinski definition) is 3. The Morgan fingerprint density at radius 3 is 2.52 bits per heavy atom. The Bertz CT molecular complexity index is 623. The maximum atomic E-state index is 6.34. The van der Waals surface area contributed by atoms with Crippen LogP contribution in [0.4, 0.5) is 5.82 Å². The van der Waals surface area contributed by atoms with Crippen LogP contribution in [0.15, 0.2) is 24.3 Å². The number of nitrogens with two attached hydrogens (primary N) is 1. The molecule has 0 saturated heterocycles. The van der Waals surface area contributed by atoms with Crippen molar-refractivity contribution in [2.75, 3.05) is 12.8 Å². The molecule has 0 bridgehead atoms. The normalized spacial score (nSPS) is 11.9. The molecule has 2 aromatic rings. The molecule has 1 aromatic carbocycles. The minimum absolute atomic E-state index is 0.0352. The molecular weight excluding hydrogens is 262 g/mol. The van der Waals surface area contributed by atoms with Crippen molar-refractivity contribution in [1.29, 1.82) is 0 Å². The lowest BCUT2D eigenvalue weighted by molar-refractivity contribution is 0.185. The minimum Gasteiger partial charge on any atom is -0.383 e. The minimum atomic E-state index is -0.0352. The predicted octanol–water partition coefficient (Wildman–Crippen LogP) is 3.60. The number of aromatic nitrogens is 2. The molecule has 0 amide bonds. The van der Waals surface area contributed by atoms with Crippen LogP contribution in [0, 0.1) is 0 Å². The number of imidazole rings is 1. The summed E-state index contributed by atoms with van der Waals surface area (Å²) in [7, 11) is 1.70. The number of rotatable bonds is 4. The molecule has 114 valence electrons. The second-order valence-electron chi connectivity index (χ2n) is 6.30. The Labute approximate surface area is 127 Å². The number of nitrogens with zero attached hydrogens (tertiary/aromatic N) is 2. The van der Waals surface area contributed by atoms with Crippen molar-refractivity contribution in [2.45, 2.75) is 46.3 Å². The van der Waals surface area contributed by atoms with Gasteiger partial charge in [-0.3, -0.25) is 0 Å².